The quantitative estimate of drug-likeness (QED) is 0.798. The summed E-state index contributed by atoms with van der Waals surface area (Å²) in [5.74, 6) is 1.10. The third-order valence-corrected chi connectivity index (χ3v) is 3.01. The number of nitrogens with zero attached hydrogens (tertiary/aromatic N) is 3. The van der Waals surface area contributed by atoms with Gasteiger partial charge in [-0.1, -0.05) is 0 Å². The fourth-order valence-corrected chi connectivity index (χ4v) is 2.09. The molecular formula is C9H12IN3. The highest BCUT2D eigenvalue weighted by molar-refractivity contribution is 14.1. The monoisotopic (exact) mass is 289 g/mol. The van der Waals surface area contributed by atoms with Gasteiger partial charge in [0.2, 0.25) is 0 Å². The normalized spacial score (nSPS) is 15.8. The molecule has 0 N–H and O–H groups in total. The molecule has 0 bridgehead atoms. The summed E-state index contributed by atoms with van der Waals surface area (Å²) in [6.07, 6.45) is 6.12. The summed E-state index contributed by atoms with van der Waals surface area (Å²) in [4.78, 5) is 10.7. The minimum Gasteiger partial charge on any atom is -0.353 e. The van der Waals surface area contributed by atoms with E-state index in [9.17, 15) is 0 Å². The largest absolute Gasteiger partial charge is 0.353 e. The van der Waals surface area contributed by atoms with E-state index in [0.717, 1.165) is 22.0 Å². The van der Waals surface area contributed by atoms with Crippen LogP contribution in [0.5, 0.6) is 0 Å². The molecule has 1 saturated carbocycles. The summed E-state index contributed by atoms with van der Waals surface area (Å²) >= 11 is 2.29. The molecule has 1 fully saturated rings. The van der Waals surface area contributed by atoms with Gasteiger partial charge in [0.1, 0.15) is 12.1 Å². The minimum atomic E-state index is 0.730. The van der Waals surface area contributed by atoms with E-state index in [0.29, 0.717) is 0 Å². The van der Waals surface area contributed by atoms with Crippen LogP contribution in [0.4, 0.5) is 5.82 Å². The molecule has 70 valence electrons. The molecule has 0 unspecified atom stereocenters. The Balaban J connectivity index is 2.26. The Labute approximate surface area is 91.7 Å². The fraction of sp³-hybridized carbons (Fsp3) is 0.556. The zero-order valence-corrected chi connectivity index (χ0v) is 9.73. The molecule has 0 saturated heterocycles. The van der Waals surface area contributed by atoms with Crippen molar-refractivity contribution in [1.82, 2.24) is 9.97 Å². The molecule has 0 aromatic carbocycles. The van der Waals surface area contributed by atoms with Crippen LogP contribution in [0.25, 0.3) is 0 Å². The first-order valence-corrected chi connectivity index (χ1v) is 5.63. The Bertz CT molecular complexity index is 299. The molecule has 2 rings (SSSR count). The van der Waals surface area contributed by atoms with E-state index in [1.165, 1.54) is 12.8 Å². The van der Waals surface area contributed by atoms with Crippen molar-refractivity contribution < 1.29 is 0 Å². The van der Waals surface area contributed by atoms with Crippen LogP contribution in [-0.2, 0) is 0 Å². The molecule has 1 heterocycles. The first kappa shape index (κ1) is 9.18. The zero-order chi connectivity index (χ0) is 9.26. The summed E-state index contributed by atoms with van der Waals surface area (Å²) < 4.78 is 1.15. The first-order valence-electron chi connectivity index (χ1n) is 4.55. The minimum absolute atomic E-state index is 0.730. The van der Waals surface area contributed by atoms with Gasteiger partial charge in [-0.25, -0.2) is 9.97 Å². The molecule has 3 nitrogen and oxygen atoms in total. The Morgan fingerprint density at radius 2 is 2.38 bits per heavy atom. The Morgan fingerprint density at radius 3 is 2.92 bits per heavy atom. The molecular weight excluding hydrogens is 277 g/mol. The van der Waals surface area contributed by atoms with Crippen LogP contribution in [0.2, 0.25) is 0 Å². The molecule has 0 atom stereocenters. The first-order chi connectivity index (χ1) is 6.33. The lowest BCUT2D eigenvalue weighted by Gasteiger charge is -2.21. The number of anilines is 1. The second-order valence-electron chi connectivity index (χ2n) is 3.21. The molecule has 1 aromatic heterocycles. The van der Waals surface area contributed by atoms with Crippen molar-refractivity contribution in [2.24, 2.45) is 0 Å². The van der Waals surface area contributed by atoms with Gasteiger partial charge in [-0.15, -0.1) is 0 Å². The van der Waals surface area contributed by atoms with Crippen LogP contribution in [0, 0.1) is 3.57 Å². The fourth-order valence-electron chi connectivity index (χ4n) is 1.48. The van der Waals surface area contributed by atoms with E-state index in [4.69, 9.17) is 0 Å². The van der Waals surface area contributed by atoms with Crippen molar-refractivity contribution in [3.05, 3.63) is 16.1 Å². The average Bonchev–Trinajstić information content (AvgIpc) is 2.93. The third-order valence-electron chi connectivity index (χ3n) is 2.25. The van der Waals surface area contributed by atoms with Crippen LogP contribution >= 0.6 is 22.6 Å². The van der Waals surface area contributed by atoms with Gasteiger partial charge in [0.15, 0.2) is 0 Å². The van der Waals surface area contributed by atoms with E-state index >= 15 is 0 Å². The molecule has 1 aliphatic rings. The maximum atomic E-state index is 4.32. The van der Waals surface area contributed by atoms with Crippen molar-refractivity contribution in [2.45, 2.75) is 25.8 Å². The van der Waals surface area contributed by atoms with Crippen molar-refractivity contribution >= 4 is 28.4 Å². The summed E-state index contributed by atoms with van der Waals surface area (Å²) in [5, 5.41) is 0. The van der Waals surface area contributed by atoms with Crippen LogP contribution in [0.15, 0.2) is 12.5 Å². The molecule has 0 amide bonds. The van der Waals surface area contributed by atoms with Gasteiger partial charge >= 0.3 is 0 Å². The second-order valence-corrected chi connectivity index (χ2v) is 4.37. The van der Waals surface area contributed by atoms with Crippen LogP contribution < -0.4 is 4.90 Å². The molecule has 13 heavy (non-hydrogen) atoms. The summed E-state index contributed by atoms with van der Waals surface area (Å²) in [5.41, 5.74) is 0. The van der Waals surface area contributed by atoms with Gasteiger partial charge in [0.05, 0.1) is 3.57 Å². The molecule has 0 radical (unpaired) electrons. The van der Waals surface area contributed by atoms with Gasteiger partial charge in [0.25, 0.3) is 0 Å². The van der Waals surface area contributed by atoms with Gasteiger partial charge < -0.3 is 4.90 Å². The molecule has 4 heteroatoms. The lowest BCUT2D eigenvalue weighted by atomic mass is 10.4. The lowest BCUT2D eigenvalue weighted by Crippen LogP contribution is -2.26. The SMILES string of the molecule is CCN(c1ncncc1I)C1CC1. The van der Waals surface area contributed by atoms with E-state index in [1.807, 2.05) is 6.20 Å². The number of hydrogen-bond donors (Lipinski definition) is 0. The number of aromatic nitrogens is 2. The summed E-state index contributed by atoms with van der Waals surface area (Å²) in [7, 11) is 0. The van der Waals surface area contributed by atoms with Gasteiger partial charge in [-0.3, -0.25) is 0 Å². The van der Waals surface area contributed by atoms with Gasteiger partial charge in [-0.05, 0) is 42.4 Å². The van der Waals surface area contributed by atoms with Crippen LogP contribution in [0.1, 0.15) is 19.8 Å². The Hall–Kier alpha value is -0.390. The predicted molar refractivity (Wildman–Crippen MR) is 60.8 cm³/mol. The van der Waals surface area contributed by atoms with E-state index < -0.39 is 0 Å². The standard InChI is InChI=1S/C9H12IN3/c1-2-13(7-3-4-7)9-8(10)5-11-6-12-9/h5-7H,2-4H2,1H3. The highest BCUT2D eigenvalue weighted by Gasteiger charge is 2.29. The molecule has 1 aliphatic carbocycles. The van der Waals surface area contributed by atoms with E-state index in [2.05, 4.69) is 44.4 Å². The topological polar surface area (TPSA) is 29.0 Å². The lowest BCUT2D eigenvalue weighted by molar-refractivity contribution is 0.801. The van der Waals surface area contributed by atoms with Gasteiger partial charge in [-0.2, -0.15) is 0 Å². The Morgan fingerprint density at radius 1 is 1.62 bits per heavy atom. The summed E-state index contributed by atoms with van der Waals surface area (Å²) in [6, 6.07) is 0.730. The smallest absolute Gasteiger partial charge is 0.145 e. The average molecular weight is 289 g/mol. The van der Waals surface area contributed by atoms with Crippen molar-refractivity contribution in [1.29, 1.82) is 0 Å². The molecule has 1 aromatic rings. The van der Waals surface area contributed by atoms with Crippen molar-refractivity contribution in [3.8, 4) is 0 Å². The highest BCUT2D eigenvalue weighted by atomic mass is 127. The maximum Gasteiger partial charge on any atom is 0.145 e. The van der Waals surface area contributed by atoms with E-state index in [1.54, 1.807) is 6.33 Å². The molecule has 0 aliphatic heterocycles. The zero-order valence-electron chi connectivity index (χ0n) is 7.57. The van der Waals surface area contributed by atoms with Crippen molar-refractivity contribution in [3.63, 3.8) is 0 Å². The van der Waals surface area contributed by atoms with E-state index in [-0.39, 0.29) is 0 Å². The third kappa shape index (κ3) is 1.92. The molecule has 0 spiro atoms. The summed E-state index contributed by atoms with van der Waals surface area (Å²) in [6.45, 7) is 3.22. The van der Waals surface area contributed by atoms with Gasteiger partial charge in [0, 0.05) is 18.8 Å². The highest BCUT2D eigenvalue weighted by Crippen LogP contribution is 2.31. The van der Waals surface area contributed by atoms with Crippen LogP contribution in [0.3, 0.4) is 0 Å². The predicted octanol–water partition coefficient (Wildman–Crippen LogP) is 2.07. The number of halogens is 1. The van der Waals surface area contributed by atoms with Crippen molar-refractivity contribution in [2.75, 3.05) is 11.4 Å². The Kier molecular flexibility index (Phi) is 2.66. The van der Waals surface area contributed by atoms with Crippen LogP contribution in [-0.4, -0.2) is 22.6 Å². The second kappa shape index (κ2) is 3.77. The number of rotatable bonds is 3. The number of hydrogen-bond acceptors (Lipinski definition) is 3. The maximum absolute atomic E-state index is 4.32.